The number of hydrogen-bond acceptors (Lipinski definition) is 5. The zero-order valence-corrected chi connectivity index (χ0v) is 16.3. The Labute approximate surface area is 162 Å². The van der Waals surface area contributed by atoms with Crippen molar-refractivity contribution in [2.24, 2.45) is 0 Å². The van der Waals surface area contributed by atoms with E-state index in [1.807, 2.05) is 42.7 Å². The van der Waals surface area contributed by atoms with Crippen LogP contribution in [0, 0.1) is 11.7 Å². The Morgan fingerprint density at radius 1 is 1.30 bits per heavy atom. The molecule has 2 heterocycles. The largest absolute Gasteiger partial charge is 0.441 e. The van der Waals surface area contributed by atoms with Crippen molar-refractivity contribution in [3.63, 3.8) is 0 Å². The zero-order valence-electron chi connectivity index (χ0n) is 15.5. The Morgan fingerprint density at radius 2 is 2.07 bits per heavy atom. The molecule has 0 fully saturated rings. The number of benzene rings is 1. The van der Waals surface area contributed by atoms with Gasteiger partial charge in [-0.3, -0.25) is 9.89 Å². The lowest BCUT2D eigenvalue weighted by Gasteiger charge is -2.05. The SMILES string of the molecule is CCn1c(CCNC(=O)CCc2ncc(-c3ccc(C)cc3)o2)n[nH]c1=S. The van der Waals surface area contributed by atoms with E-state index >= 15 is 0 Å². The van der Waals surface area contributed by atoms with Crippen LogP contribution >= 0.6 is 12.2 Å². The predicted octanol–water partition coefficient (Wildman–Crippen LogP) is 3.22. The van der Waals surface area contributed by atoms with Gasteiger partial charge < -0.3 is 14.3 Å². The van der Waals surface area contributed by atoms with E-state index in [1.165, 1.54) is 5.56 Å². The smallest absolute Gasteiger partial charge is 0.220 e. The molecule has 2 aromatic heterocycles. The monoisotopic (exact) mass is 385 g/mol. The molecule has 27 heavy (non-hydrogen) atoms. The Hall–Kier alpha value is -2.74. The minimum Gasteiger partial charge on any atom is -0.441 e. The van der Waals surface area contributed by atoms with E-state index < -0.39 is 0 Å². The van der Waals surface area contributed by atoms with Crippen LogP contribution in [0.4, 0.5) is 0 Å². The molecule has 142 valence electrons. The number of carbonyl (C=O) groups is 1. The zero-order chi connectivity index (χ0) is 19.2. The molecular formula is C19H23N5O2S. The van der Waals surface area contributed by atoms with Crippen molar-refractivity contribution in [3.8, 4) is 11.3 Å². The third kappa shape index (κ3) is 4.91. The fourth-order valence-corrected chi connectivity index (χ4v) is 3.05. The molecular weight excluding hydrogens is 362 g/mol. The first-order valence-corrected chi connectivity index (χ1v) is 9.40. The molecule has 0 aliphatic heterocycles. The summed E-state index contributed by atoms with van der Waals surface area (Å²) in [5, 5.41) is 9.85. The average molecular weight is 385 g/mol. The predicted molar refractivity (Wildman–Crippen MR) is 105 cm³/mol. The van der Waals surface area contributed by atoms with Crippen LogP contribution in [0.5, 0.6) is 0 Å². The van der Waals surface area contributed by atoms with Gasteiger partial charge in [0, 0.05) is 37.9 Å². The fourth-order valence-electron chi connectivity index (χ4n) is 2.77. The first kappa shape index (κ1) is 19.0. The number of aromatic amines is 1. The lowest BCUT2D eigenvalue weighted by molar-refractivity contribution is -0.121. The summed E-state index contributed by atoms with van der Waals surface area (Å²) in [6, 6.07) is 8.05. The number of aryl methyl sites for hydroxylation is 2. The number of oxazole rings is 1. The summed E-state index contributed by atoms with van der Waals surface area (Å²) >= 11 is 5.15. The van der Waals surface area contributed by atoms with Gasteiger partial charge in [-0.15, -0.1) is 0 Å². The highest BCUT2D eigenvalue weighted by Gasteiger charge is 2.10. The van der Waals surface area contributed by atoms with Gasteiger partial charge in [-0.1, -0.05) is 29.8 Å². The summed E-state index contributed by atoms with van der Waals surface area (Å²) in [6.07, 6.45) is 3.12. The topological polar surface area (TPSA) is 88.7 Å². The first-order valence-electron chi connectivity index (χ1n) is 8.99. The molecule has 1 aromatic carbocycles. The maximum Gasteiger partial charge on any atom is 0.220 e. The maximum absolute atomic E-state index is 12.0. The van der Waals surface area contributed by atoms with Crippen molar-refractivity contribution >= 4 is 18.1 Å². The minimum atomic E-state index is -0.0396. The van der Waals surface area contributed by atoms with E-state index in [4.69, 9.17) is 16.6 Å². The third-order valence-corrected chi connectivity index (χ3v) is 4.59. The molecule has 3 rings (SSSR count). The van der Waals surface area contributed by atoms with Crippen molar-refractivity contribution in [3.05, 3.63) is 52.5 Å². The highest BCUT2D eigenvalue weighted by Crippen LogP contribution is 2.21. The molecule has 0 saturated carbocycles. The van der Waals surface area contributed by atoms with Crippen LogP contribution in [-0.4, -0.2) is 32.2 Å². The second kappa shape index (κ2) is 8.77. The van der Waals surface area contributed by atoms with Gasteiger partial charge in [0.25, 0.3) is 0 Å². The summed E-state index contributed by atoms with van der Waals surface area (Å²) in [4.78, 5) is 16.3. The maximum atomic E-state index is 12.0. The number of carbonyl (C=O) groups excluding carboxylic acids is 1. The van der Waals surface area contributed by atoms with Crippen LogP contribution in [0.15, 0.2) is 34.9 Å². The number of nitrogens with zero attached hydrogens (tertiary/aromatic N) is 3. The van der Waals surface area contributed by atoms with Crippen LogP contribution in [0.2, 0.25) is 0 Å². The van der Waals surface area contributed by atoms with Crippen molar-refractivity contribution in [2.75, 3.05) is 6.54 Å². The molecule has 0 spiro atoms. The van der Waals surface area contributed by atoms with Crippen molar-refractivity contribution < 1.29 is 9.21 Å². The molecule has 7 nitrogen and oxygen atoms in total. The quantitative estimate of drug-likeness (QED) is 0.581. The van der Waals surface area contributed by atoms with E-state index in [9.17, 15) is 4.79 Å². The van der Waals surface area contributed by atoms with Crippen LogP contribution in [-0.2, 0) is 24.2 Å². The van der Waals surface area contributed by atoms with Crippen molar-refractivity contribution in [2.45, 2.75) is 39.7 Å². The fraction of sp³-hybridized carbons (Fsp3) is 0.368. The van der Waals surface area contributed by atoms with E-state index in [1.54, 1.807) is 6.20 Å². The molecule has 0 aliphatic carbocycles. The normalized spacial score (nSPS) is 10.9. The van der Waals surface area contributed by atoms with Gasteiger partial charge in [-0.2, -0.15) is 5.10 Å². The van der Waals surface area contributed by atoms with Crippen LogP contribution < -0.4 is 5.32 Å². The average Bonchev–Trinajstić information content (AvgIpc) is 3.27. The standard InChI is InChI=1S/C19H23N5O2S/c1-3-24-16(22-23-19(24)27)10-11-20-17(25)8-9-18-21-12-15(26-18)14-6-4-13(2)5-7-14/h4-7,12H,3,8-11H2,1-2H3,(H,20,25)(H,23,27). The molecule has 0 radical (unpaired) electrons. The van der Waals surface area contributed by atoms with Crippen molar-refractivity contribution in [1.82, 2.24) is 25.1 Å². The Balaban J connectivity index is 1.45. The second-order valence-electron chi connectivity index (χ2n) is 6.27. The molecule has 0 saturated heterocycles. The molecule has 0 unspecified atom stereocenters. The van der Waals surface area contributed by atoms with Gasteiger partial charge >= 0.3 is 0 Å². The minimum absolute atomic E-state index is 0.0396. The molecule has 3 aromatic rings. The first-order chi connectivity index (χ1) is 13.1. The second-order valence-corrected chi connectivity index (χ2v) is 6.66. The van der Waals surface area contributed by atoms with Gasteiger partial charge in [-0.25, -0.2) is 4.98 Å². The molecule has 1 amide bonds. The lowest BCUT2D eigenvalue weighted by Crippen LogP contribution is -2.26. The van der Waals surface area contributed by atoms with E-state index in [0.29, 0.717) is 42.2 Å². The Morgan fingerprint density at radius 3 is 2.81 bits per heavy atom. The summed E-state index contributed by atoms with van der Waals surface area (Å²) in [6.45, 7) is 5.32. The van der Waals surface area contributed by atoms with Crippen LogP contribution in [0.3, 0.4) is 0 Å². The van der Waals surface area contributed by atoms with Crippen molar-refractivity contribution in [1.29, 1.82) is 0 Å². The van der Waals surface area contributed by atoms with Gasteiger partial charge in [0.1, 0.15) is 5.82 Å². The number of amides is 1. The molecule has 0 atom stereocenters. The van der Waals surface area contributed by atoms with E-state index in [0.717, 1.165) is 17.9 Å². The summed E-state index contributed by atoms with van der Waals surface area (Å²) < 4.78 is 8.27. The van der Waals surface area contributed by atoms with Crippen LogP contribution in [0.1, 0.15) is 30.6 Å². The number of hydrogen-bond donors (Lipinski definition) is 2. The summed E-state index contributed by atoms with van der Waals surface area (Å²) in [5.74, 6) is 2.08. The Bertz CT molecular complexity index is 955. The molecule has 8 heteroatoms. The number of H-pyrrole nitrogens is 1. The Kier molecular flexibility index (Phi) is 6.18. The highest BCUT2D eigenvalue weighted by molar-refractivity contribution is 7.71. The molecule has 0 aliphatic rings. The molecule has 2 N–H and O–H groups in total. The van der Waals surface area contributed by atoms with Gasteiger partial charge in [0.15, 0.2) is 16.4 Å². The summed E-state index contributed by atoms with van der Waals surface area (Å²) in [7, 11) is 0. The molecule has 0 bridgehead atoms. The lowest BCUT2D eigenvalue weighted by atomic mass is 10.1. The summed E-state index contributed by atoms with van der Waals surface area (Å²) in [5.41, 5.74) is 2.17. The highest BCUT2D eigenvalue weighted by atomic mass is 32.1. The van der Waals surface area contributed by atoms with Gasteiger partial charge in [0.05, 0.1) is 6.20 Å². The number of rotatable bonds is 8. The van der Waals surface area contributed by atoms with Crippen LogP contribution in [0.25, 0.3) is 11.3 Å². The van der Waals surface area contributed by atoms with E-state index in [-0.39, 0.29) is 5.91 Å². The number of nitrogens with one attached hydrogen (secondary N) is 2. The van der Waals surface area contributed by atoms with Gasteiger partial charge in [-0.05, 0) is 26.1 Å². The van der Waals surface area contributed by atoms with Gasteiger partial charge in [0.2, 0.25) is 5.91 Å². The number of aromatic nitrogens is 4. The van der Waals surface area contributed by atoms with E-state index in [2.05, 4.69) is 20.5 Å². The third-order valence-electron chi connectivity index (χ3n) is 4.28.